The second kappa shape index (κ2) is 7.79. The van der Waals surface area contributed by atoms with Crippen LogP contribution in [0.25, 0.3) is 0 Å². The molecule has 27 heavy (non-hydrogen) atoms. The molecule has 0 radical (unpaired) electrons. The lowest BCUT2D eigenvalue weighted by molar-refractivity contribution is -0.124. The van der Waals surface area contributed by atoms with Crippen LogP contribution in [0.3, 0.4) is 0 Å². The van der Waals surface area contributed by atoms with Crippen LogP contribution in [0.1, 0.15) is 24.0 Å². The number of rotatable bonds is 6. The summed E-state index contributed by atoms with van der Waals surface area (Å²) in [6, 6.07) is 16.7. The van der Waals surface area contributed by atoms with E-state index < -0.39 is 5.41 Å². The molecule has 2 aromatic rings. The number of nitrogens with zero attached hydrogens (tertiary/aromatic N) is 1. The SMILES string of the molecule is O=C(NCC1CN(Cc2ccccc2)CCO1)C1(c2ccc(F)cc2)CC1. The van der Waals surface area contributed by atoms with E-state index in [4.69, 9.17) is 4.74 Å². The maximum absolute atomic E-state index is 13.2. The van der Waals surface area contributed by atoms with Crippen molar-refractivity contribution in [2.75, 3.05) is 26.2 Å². The molecule has 1 saturated carbocycles. The lowest BCUT2D eigenvalue weighted by Gasteiger charge is -2.33. The van der Waals surface area contributed by atoms with Gasteiger partial charge in [-0.15, -0.1) is 0 Å². The van der Waals surface area contributed by atoms with Crippen LogP contribution in [-0.2, 0) is 21.5 Å². The minimum absolute atomic E-state index is 0.00423. The lowest BCUT2D eigenvalue weighted by Crippen LogP contribution is -2.48. The molecule has 142 valence electrons. The molecule has 2 aliphatic rings. The highest BCUT2D eigenvalue weighted by atomic mass is 19.1. The molecule has 1 saturated heterocycles. The van der Waals surface area contributed by atoms with Gasteiger partial charge in [-0.25, -0.2) is 4.39 Å². The monoisotopic (exact) mass is 368 g/mol. The summed E-state index contributed by atoms with van der Waals surface area (Å²) in [6.45, 7) is 3.79. The Kier molecular flexibility index (Phi) is 5.23. The van der Waals surface area contributed by atoms with Crippen molar-refractivity contribution in [2.24, 2.45) is 0 Å². The molecule has 0 aromatic heterocycles. The standard InChI is InChI=1S/C22H25FN2O2/c23-19-8-6-18(7-9-19)22(10-11-22)21(26)24-14-20-16-25(12-13-27-20)15-17-4-2-1-3-5-17/h1-9,20H,10-16H2,(H,24,26). The van der Waals surface area contributed by atoms with Crippen molar-refractivity contribution < 1.29 is 13.9 Å². The third-order valence-electron chi connectivity index (χ3n) is 5.54. The Balaban J connectivity index is 1.30. The normalized spacial score (nSPS) is 21.6. The summed E-state index contributed by atoms with van der Waals surface area (Å²) in [4.78, 5) is 15.1. The average molecular weight is 368 g/mol. The first kappa shape index (κ1) is 18.1. The smallest absolute Gasteiger partial charge is 0.230 e. The zero-order valence-electron chi connectivity index (χ0n) is 15.4. The Hall–Kier alpha value is -2.24. The van der Waals surface area contributed by atoms with E-state index in [9.17, 15) is 9.18 Å². The fourth-order valence-electron chi connectivity index (χ4n) is 3.81. The lowest BCUT2D eigenvalue weighted by atomic mass is 9.95. The molecular weight excluding hydrogens is 343 g/mol. The second-order valence-electron chi connectivity index (χ2n) is 7.51. The molecule has 1 amide bonds. The van der Waals surface area contributed by atoms with Gasteiger partial charge < -0.3 is 10.1 Å². The summed E-state index contributed by atoms with van der Waals surface area (Å²) in [6.07, 6.45) is 1.63. The predicted octanol–water partition coefficient (Wildman–Crippen LogP) is 2.87. The maximum Gasteiger partial charge on any atom is 0.230 e. The summed E-state index contributed by atoms with van der Waals surface area (Å²) in [5.41, 5.74) is 1.71. The van der Waals surface area contributed by atoms with E-state index in [1.165, 1.54) is 17.7 Å². The molecule has 1 heterocycles. The fraction of sp³-hybridized carbons (Fsp3) is 0.409. The third kappa shape index (κ3) is 4.20. The van der Waals surface area contributed by atoms with Crippen molar-refractivity contribution in [3.05, 3.63) is 71.5 Å². The summed E-state index contributed by atoms with van der Waals surface area (Å²) in [5, 5.41) is 3.07. The highest BCUT2D eigenvalue weighted by Gasteiger charge is 2.51. The van der Waals surface area contributed by atoms with E-state index in [2.05, 4.69) is 34.5 Å². The fourth-order valence-corrected chi connectivity index (χ4v) is 3.81. The number of nitrogens with one attached hydrogen (secondary N) is 1. The van der Waals surface area contributed by atoms with Gasteiger partial charge in [0.1, 0.15) is 5.82 Å². The van der Waals surface area contributed by atoms with Crippen LogP contribution in [0.4, 0.5) is 4.39 Å². The first-order valence-electron chi connectivity index (χ1n) is 9.58. The minimum Gasteiger partial charge on any atom is -0.374 e. The number of hydrogen-bond acceptors (Lipinski definition) is 3. The van der Waals surface area contributed by atoms with Crippen molar-refractivity contribution >= 4 is 5.91 Å². The molecule has 4 nitrogen and oxygen atoms in total. The summed E-state index contributed by atoms with van der Waals surface area (Å²) in [7, 11) is 0. The average Bonchev–Trinajstić information content (AvgIpc) is 3.50. The van der Waals surface area contributed by atoms with Crippen LogP contribution >= 0.6 is 0 Å². The van der Waals surface area contributed by atoms with E-state index in [1.54, 1.807) is 12.1 Å². The first-order chi connectivity index (χ1) is 13.2. The number of carbonyl (C=O) groups is 1. The van der Waals surface area contributed by atoms with Crippen molar-refractivity contribution in [1.82, 2.24) is 10.2 Å². The van der Waals surface area contributed by atoms with Gasteiger partial charge in [0.25, 0.3) is 0 Å². The van der Waals surface area contributed by atoms with Crippen molar-refractivity contribution in [1.29, 1.82) is 0 Å². The zero-order chi connectivity index (χ0) is 18.7. The van der Waals surface area contributed by atoms with Gasteiger partial charge in [-0.3, -0.25) is 9.69 Å². The van der Waals surface area contributed by atoms with E-state index in [0.717, 1.165) is 38.0 Å². The van der Waals surface area contributed by atoms with Gasteiger partial charge in [-0.2, -0.15) is 0 Å². The van der Waals surface area contributed by atoms with Crippen LogP contribution in [0.2, 0.25) is 0 Å². The highest BCUT2D eigenvalue weighted by molar-refractivity contribution is 5.91. The van der Waals surface area contributed by atoms with Crippen LogP contribution in [0.5, 0.6) is 0 Å². The molecule has 1 atom stereocenters. The number of amides is 1. The summed E-state index contributed by atoms with van der Waals surface area (Å²) >= 11 is 0. The molecule has 1 aliphatic carbocycles. The molecule has 5 heteroatoms. The molecule has 4 rings (SSSR count). The van der Waals surface area contributed by atoms with Crippen LogP contribution in [0, 0.1) is 5.82 Å². The van der Waals surface area contributed by atoms with Crippen LogP contribution in [0.15, 0.2) is 54.6 Å². The second-order valence-corrected chi connectivity index (χ2v) is 7.51. The number of morpholine rings is 1. The van der Waals surface area contributed by atoms with E-state index in [1.807, 2.05) is 6.07 Å². The molecule has 2 aromatic carbocycles. The van der Waals surface area contributed by atoms with Crippen molar-refractivity contribution in [3.63, 3.8) is 0 Å². The molecule has 1 N–H and O–H groups in total. The van der Waals surface area contributed by atoms with Crippen molar-refractivity contribution in [3.8, 4) is 0 Å². The van der Waals surface area contributed by atoms with Crippen LogP contribution < -0.4 is 5.32 Å². The molecular formula is C22H25FN2O2. The Bertz CT molecular complexity index is 775. The number of ether oxygens (including phenoxy) is 1. The van der Waals surface area contributed by atoms with Gasteiger partial charge in [0.15, 0.2) is 0 Å². The van der Waals surface area contributed by atoms with Crippen LogP contribution in [-0.4, -0.2) is 43.2 Å². The van der Waals surface area contributed by atoms with Gasteiger partial charge in [0.05, 0.1) is 18.1 Å². The Morgan fingerprint density at radius 2 is 1.89 bits per heavy atom. The Labute approximate surface area is 159 Å². The topological polar surface area (TPSA) is 41.6 Å². The van der Waals surface area contributed by atoms with E-state index in [-0.39, 0.29) is 17.8 Å². The van der Waals surface area contributed by atoms with Crippen molar-refractivity contribution in [2.45, 2.75) is 30.9 Å². The minimum atomic E-state index is -0.480. The van der Waals surface area contributed by atoms with Gasteiger partial charge in [0, 0.05) is 26.2 Å². The summed E-state index contributed by atoms with van der Waals surface area (Å²) < 4.78 is 19.0. The predicted molar refractivity (Wildman–Crippen MR) is 102 cm³/mol. The number of halogens is 1. The van der Waals surface area contributed by atoms with Gasteiger partial charge in [-0.1, -0.05) is 42.5 Å². The molecule has 1 unspecified atom stereocenters. The Morgan fingerprint density at radius 3 is 2.59 bits per heavy atom. The molecule has 0 spiro atoms. The van der Waals surface area contributed by atoms with Gasteiger partial charge in [-0.05, 0) is 36.1 Å². The van der Waals surface area contributed by atoms with E-state index >= 15 is 0 Å². The van der Waals surface area contributed by atoms with Gasteiger partial charge >= 0.3 is 0 Å². The number of carbonyl (C=O) groups excluding carboxylic acids is 1. The number of benzene rings is 2. The molecule has 2 fully saturated rings. The van der Waals surface area contributed by atoms with Gasteiger partial charge in [0.2, 0.25) is 5.91 Å². The molecule has 1 aliphatic heterocycles. The third-order valence-corrected chi connectivity index (χ3v) is 5.54. The quantitative estimate of drug-likeness (QED) is 0.853. The number of hydrogen-bond donors (Lipinski definition) is 1. The largest absolute Gasteiger partial charge is 0.374 e. The first-order valence-corrected chi connectivity index (χ1v) is 9.58. The maximum atomic E-state index is 13.2. The highest BCUT2D eigenvalue weighted by Crippen LogP contribution is 2.48. The van der Waals surface area contributed by atoms with E-state index in [0.29, 0.717) is 13.2 Å². The molecule has 0 bridgehead atoms. The Morgan fingerprint density at radius 1 is 1.15 bits per heavy atom. The zero-order valence-corrected chi connectivity index (χ0v) is 15.4. The summed E-state index contributed by atoms with van der Waals surface area (Å²) in [5.74, 6) is -0.248.